The third kappa shape index (κ3) is 2.63. The van der Waals surface area contributed by atoms with Gasteiger partial charge in [-0.3, -0.25) is 9.59 Å². The second-order valence-electron chi connectivity index (χ2n) is 7.00. The number of rotatable bonds is 4. The minimum atomic E-state index is -0.486. The van der Waals surface area contributed by atoms with Gasteiger partial charge in [0.25, 0.3) is 5.91 Å². The number of hydrogen-bond acceptors (Lipinski definition) is 4. The molecule has 7 heteroatoms. The summed E-state index contributed by atoms with van der Waals surface area (Å²) in [5, 5.41) is 4.41. The third-order valence-electron chi connectivity index (χ3n) is 5.52. The monoisotopic (exact) mass is 341 g/mol. The standard InChI is InChI=1S/C18H23N5O2/c1-2-15(24)23-11-3-4-12(23)8-10(7-11)22-16-13-5-6-20-18(13)21-9-14(16)17(19)25/h5-6,9-12H,2-4,7-8H2,1H3,(H2,19,25)(H2,20,21,22)/t10-,11-,12+. The summed E-state index contributed by atoms with van der Waals surface area (Å²) in [5.74, 6) is -0.236. The maximum Gasteiger partial charge on any atom is 0.252 e. The number of aromatic amines is 1. The lowest BCUT2D eigenvalue weighted by Crippen LogP contribution is -2.49. The highest BCUT2D eigenvalue weighted by Crippen LogP contribution is 2.38. The molecule has 0 aliphatic carbocycles. The Hall–Kier alpha value is -2.57. The largest absolute Gasteiger partial charge is 0.381 e. The molecule has 2 aliphatic rings. The molecule has 3 atom stereocenters. The number of nitrogens with zero attached hydrogens (tertiary/aromatic N) is 2. The molecule has 2 amide bonds. The summed E-state index contributed by atoms with van der Waals surface area (Å²) in [6.07, 6.45) is 7.81. The van der Waals surface area contributed by atoms with Crippen molar-refractivity contribution in [2.24, 2.45) is 5.73 Å². The van der Waals surface area contributed by atoms with Gasteiger partial charge >= 0.3 is 0 Å². The van der Waals surface area contributed by atoms with E-state index >= 15 is 0 Å². The first-order valence-corrected chi connectivity index (χ1v) is 8.92. The van der Waals surface area contributed by atoms with Crippen molar-refractivity contribution in [2.75, 3.05) is 5.32 Å². The van der Waals surface area contributed by atoms with Gasteiger partial charge in [-0.05, 0) is 31.7 Å². The first-order chi connectivity index (χ1) is 12.1. The number of hydrogen-bond donors (Lipinski definition) is 3. The number of anilines is 1. The molecule has 25 heavy (non-hydrogen) atoms. The fraction of sp³-hybridized carbons (Fsp3) is 0.500. The van der Waals surface area contributed by atoms with Crippen molar-refractivity contribution >= 4 is 28.5 Å². The zero-order chi connectivity index (χ0) is 17.6. The number of fused-ring (bicyclic) bond motifs is 3. The molecule has 0 spiro atoms. The molecule has 0 radical (unpaired) electrons. The molecule has 2 bridgehead atoms. The molecule has 7 nitrogen and oxygen atoms in total. The number of pyridine rings is 1. The Morgan fingerprint density at radius 3 is 2.72 bits per heavy atom. The summed E-state index contributed by atoms with van der Waals surface area (Å²) in [7, 11) is 0. The van der Waals surface area contributed by atoms with E-state index in [4.69, 9.17) is 5.73 Å². The highest BCUT2D eigenvalue weighted by Gasteiger charge is 2.42. The van der Waals surface area contributed by atoms with Crippen LogP contribution in [-0.4, -0.2) is 44.8 Å². The third-order valence-corrected chi connectivity index (χ3v) is 5.52. The van der Waals surface area contributed by atoms with E-state index in [0.29, 0.717) is 24.1 Å². The number of carbonyl (C=O) groups is 2. The lowest BCUT2D eigenvalue weighted by atomic mass is 9.96. The maximum atomic E-state index is 12.2. The number of aromatic nitrogens is 2. The quantitative estimate of drug-likeness (QED) is 0.791. The fourth-order valence-electron chi connectivity index (χ4n) is 4.44. The molecule has 132 valence electrons. The van der Waals surface area contributed by atoms with Gasteiger partial charge in [0.15, 0.2) is 0 Å². The van der Waals surface area contributed by atoms with Gasteiger partial charge in [-0.1, -0.05) is 6.92 Å². The molecule has 2 saturated heterocycles. The molecule has 4 heterocycles. The highest BCUT2D eigenvalue weighted by atomic mass is 16.2. The Balaban J connectivity index is 1.61. The second-order valence-corrected chi connectivity index (χ2v) is 7.00. The summed E-state index contributed by atoms with van der Waals surface area (Å²) < 4.78 is 0. The Morgan fingerprint density at radius 1 is 1.36 bits per heavy atom. The van der Waals surface area contributed by atoms with Gasteiger partial charge in [0.1, 0.15) is 5.65 Å². The Morgan fingerprint density at radius 2 is 2.08 bits per heavy atom. The SMILES string of the molecule is CCC(=O)N1[C@@H]2CC[C@H]1C[C@H](Nc1c(C(N)=O)cnc3[nH]ccc13)C2. The first-order valence-electron chi connectivity index (χ1n) is 8.92. The summed E-state index contributed by atoms with van der Waals surface area (Å²) in [4.78, 5) is 33.4. The van der Waals surface area contributed by atoms with Crippen LogP contribution in [0.5, 0.6) is 0 Å². The van der Waals surface area contributed by atoms with Gasteiger partial charge in [0.2, 0.25) is 5.91 Å². The van der Waals surface area contributed by atoms with E-state index in [-0.39, 0.29) is 11.9 Å². The maximum absolute atomic E-state index is 12.2. The normalized spacial score (nSPS) is 25.3. The molecule has 4 N–H and O–H groups in total. The van der Waals surface area contributed by atoms with Crippen molar-refractivity contribution in [1.82, 2.24) is 14.9 Å². The molecule has 0 saturated carbocycles. The van der Waals surface area contributed by atoms with E-state index < -0.39 is 5.91 Å². The van der Waals surface area contributed by atoms with Crippen molar-refractivity contribution in [2.45, 2.75) is 57.2 Å². The predicted molar refractivity (Wildman–Crippen MR) is 95.2 cm³/mol. The molecule has 2 aromatic rings. The Bertz CT molecular complexity index is 816. The Labute approximate surface area is 146 Å². The summed E-state index contributed by atoms with van der Waals surface area (Å²) in [5.41, 5.74) is 7.43. The van der Waals surface area contributed by atoms with Crippen molar-refractivity contribution in [1.29, 1.82) is 0 Å². The van der Waals surface area contributed by atoms with Gasteiger partial charge in [0, 0.05) is 42.3 Å². The minimum Gasteiger partial charge on any atom is -0.381 e. The van der Waals surface area contributed by atoms with Gasteiger partial charge < -0.3 is 20.9 Å². The number of amides is 2. The van der Waals surface area contributed by atoms with Gasteiger partial charge in [0.05, 0.1) is 11.3 Å². The molecule has 0 aromatic carbocycles. The predicted octanol–water partition coefficient (Wildman–Crippen LogP) is 2.01. The number of piperidine rings is 1. The van der Waals surface area contributed by atoms with Crippen LogP contribution in [0.15, 0.2) is 18.5 Å². The van der Waals surface area contributed by atoms with Crippen molar-refractivity contribution in [3.05, 3.63) is 24.0 Å². The van der Waals surface area contributed by atoms with Crippen LogP contribution < -0.4 is 11.1 Å². The number of nitrogens with one attached hydrogen (secondary N) is 2. The molecule has 2 fully saturated rings. The molecule has 0 unspecified atom stereocenters. The first kappa shape index (κ1) is 15.9. The van der Waals surface area contributed by atoms with Crippen LogP contribution >= 0.6 is 0 Å². The van der Waals surface area contributed by atoms with Crippen molar-refractivity contribution in [3.8, 4) is 0 Å². The van der Waals surface area contributed by atoms with Crippen LogP contribution in [0.3, 0.4) is 0 Å². The van der Waals surface area contributed by atoms with Gasteiger partial charge in [-0.15, -0.1) is 0 Å². The lowest BCUT2D eigenvalue weighted by molar-refractivity contribution is -0.135. The lowest BCUT2D eigenvalue weighted by Gasteiger charge is -2.39. The smallest absolute Gasteiger partial charge is 0.252 e. The van der Waals surface area contributed by atoms with Crippen LogP contribution in [0.25, 0.3) is 11.0 Å². The number of carbonyl (C=O) groups excluding carboxylic acids is 2. The fourth-order valence-corrected chi connectivity index (χ4v) is 4.44. The van der Waals surface area contributed by atoms with Gasteiger partial charge in [-0.2, -0.15) is 0 Å². The second kappa shape index (κ2) is 6.06. The topological polar surface area (TPSA) is 104 Å². The summed E-state index contributed by atoms with van der Waals surface area (Å²) >= 11 is 0. The average Bonchev–Trinajstić information content (AvgIpc) is 3.17. The van der Waals surface area contributed by atoms with Crippen LogP contribution in [0, 0.1) is 0 Å². The molecule has 2 aromatic heterocycles. The van der Waals surface area contributed by atoms with E-state index in [1.54, 1.807) is 6.20 Å². The summed E-state index contributed by atoms with van der Waals surface area (Å²) in [6, 6.07) is 2.71. The van der Waals surface area contributed by atoms with Crippen LogP contribution in [-0.2, 0) is 4.79 Å². The van der Waals surface area contributed by atoms with Crippen LogP contribution in [0.2, 0.25) is 0 Å². The highest BCUT2D eigenvalue weighted by molar-refractivity contribution is 6.06. The average molecular weight is 341 g/mol. The minimum absolute atomic E-state index is 0.219. The van der Waals surface area contributed by atoms with Crippen LogP contribution in [0.1, 0.15) is 49.4 Å². The number of primary amides is 1. The van der Waals surface area contributed by atoms with Crippen molar-refractivity contribution in [3.63, 3.8) is 0 Å². The van der Waals surface area contributed by atoms with Crippen LogP contribution in [0.4, 0.5) is 5.69 Å². The molecule has 4 rings (SSSR count). The van der Waals surface area contributed by atoms with E-state index in [2.05, 4.69) is 20.2 Å². The number of H-pyrrole nitrogens is 1. The summed E-state index contributed by atoms with van der Waals surface area (Å²) in [6.45, 7) is 1.92. The molecular weight excluding hydrogens is 318 g/mol. The van der Waals surface area contributed by atoms with E-state index in [0.717, 1.165) is 42.4 Å². The Kier molecular flexibility index (Phi) is 3.86. The molecule has 2 aliphatic heterocycles. The van der Waals surface area contributed by atoms with E-state index in [9.17, 15) is 9.59 Å². The van der Waals surface area contributed by atoms with E-state index in [1.165, 1.54) is 6.20 Å². The van der Waals surface area contributed by atoms with E-state index in [1.807, 2.05) is 13.0 Å². The molecular formula is C18H23N5O2. The van der Waals surface area contributed by atoms with Gasteiger partial charge in [-0.25, -0.2) is 4.98 Å². The van der Waals surface area contributed by atoms with Crippen molar-refractivity contribution < 1.29 is 9.59 Å². The number of nitrogens with two attached hydrogens (primary N) is 1. The zero-order valence-corrected chi connectivity index (χ0v) is 14.3. The zero-order valence-electron chi connectivity index (χ0n) is 14.3.